The molecule has 0 N–H and O–H groups in total. The number of benzene rings is 3. The van der Waals surface area contributed by atoms with Gasteiger partial charge in [0.1, 0.15) is 5.82 Å². The Morgan fingerprint density at radius 2 is 1.57 bits per heavy atom. The second kappa shape index (κ2) is 11.5. The highest BCUT2D eigenvalue weighted by atomic mass is 19.4. The van der Waals surface area contributed by atoms with Crippen LogP contribution in [0.15, 0.2) is 42.5 Å². The third-order valence-electron chi connectivity index (χ3n) is 7.07. The first kappa shape index (κ1) is 26.9. The Morgan fingerprint density at radius 1 is 0.865 bits per heavy atom. The second-order valence-electron chi connectivity index (χ2n) is 9.69. The van der Waals surface area contributed by atoms with E-state index in [1.54, 1.807) is 12.1 Å². The average molecular weight is 519 g/mol. The van der Waals surface area contributed by atoms with E-state index in [0.29, 0.717) is 23.4 Å². The molecule has 0 spiro atoms. The monoisotopic (exact) mass is 518 g/mol. The molecular formula is C30H28F6O. The van der Waals surface area contributed by atoms with E-state index in [2.05, 4.69) is 23.5 Å². The minimum Gasteiger partial charge on any atom is -0.399 e. The number of hydrogen-bond donors (Lipinski definition) is 0. The Morgan fingerprint density at radius 3 is 2.22 bits per heavy atom. The molecule has 0 bridgehead atoms. The van der Waals surface area contributed by atoms with Gasteiger partial charge in [-0.3, -0.25) is 0 Å². The van der Waals surface area contributed by atoms with Crippen molar-refractivity contribution < 1.29 is 31.1 Å². The summed E-state index contributed by atoms with van der Waals surface area (Å²) < 4.78 is 83.3. The van der Waals surface area contributed by atoms with Crippen LogP contribution in [0.25, 0.3) is 10.8 Å². The van der Waals surface area contributed by atoms with Gasteiger partial charge >= 0.3 is 6.36 Å². The standard InChI is InChI=1S/C30H28F6O/c1-2-3-4-5-19-6-9-21(10-7-19)23-14-15-25-24(18-23)13-12-22(28(25)33)11-8-20-16-26(31)29(27(32)17-20)37-30(34,35)36/h12-19,21H,2-7,9-10H2,1H3. The molecular weight excluding hydrogens is 490 g/mol. The highest BCUT2D eigenvalue weighted by Gasteiger charge is 2.34. The SMILES string of the molecule is CCCCCC1CCC(c2ccc3c(F)c(C#Cc4cc(F)c(OC(F)(F)F)c(F)c4)ccc3c2)CC1. The second-order valence-corrected chi connectivity index (χ2v) is 9.69. The molecule has 3 aromatic rings. The number of alkyl halides is 3. The van der Waals surface area contributed by atoms with Crippen molar-refractivity contribution in [3.63, 3.8) is 0 Å². The molecule has 7 heteroatoms. The van der Waals surface area contributed by atoms with Crippen LogP contribution in [0.4, 0.5) is 26.3 Å². The lowest BCUT2D eigenvalue weighted by Gasteiger charge is -2.29. The molecule has 0 heterocycles. The van der Waals surface area contributed by atoms with E-state index in [9.17, 15) is 22.0 Å². The maximum absolute atomic E-state index is 15.2. The van der Waals surface area contributed by atoms with Gasteiger partial charge in [0, 0.05) is 10.9 Å². The molecule has 0 aromatic heterocycles. The van der Waals surface area contributed by atoms with Crippen molar-refractivity contribution in [1.29, 1.82) is 0 Å². The summed E-state index contributed by atoms with van der Waals surface area (Å²) in [6.07, 6.45) is 4.60. The van der Waals surface area contributed by atoms with Crippen molar-refractivity contribution in [2.75, 3.05) is 0 Å². The minimum absolute atomic E-state index is 0.0178. The third-order valence-corrected chi connectivity index (χ3v) is 7.07. The van der Waals surface area contributed by atoms with Crippen LogP contribution in [0.2, 0.25) is 0 Å². The summed E-state index contributed by atoms with van der Waals surface area (Å²) >= 11 is 0. The Bertz CT molecular complexity index is 1290. The van der Waals surface area contributed by atoms with E-state index in [-0.39, 0.29) is 11.1 Å². The predicted octanol–water partition coefficient (Wildman–Crippen LogP) is 9.41. The first-order valence-electron chi connectivity index (χ1n) is 12.6. The van der Waals surface area contributed by atoms with Gasteiger partial charge in [-0.2, -0.15) is 0 Å². The van der Waals surface area contributed by atoms with Crippen LogP contribution in [0.3, 0.4) is 0 Å². The summed E-state index contributed by atoms with van der Waals surface area (Å²) in [5, 5.41) is 1.13. The van der Waals surface area contributed by atoms with E-state index >= 15 is 4.39 Å². The van der Waals surface area contributed by atoms with E-state index in [0.717, 1.165) is 24.1 Å². The van der Waals surface area contributed by atoms with E-state index in [1.165, 1.54) is 50.2 Å². The third kappa shape index (κ3) is 6.80. The minimum atomic E-state index is -5.24. The number of rotatable bonds is 6. The van der Waals surface area contributed by atoms with Crippen molar-refractivity contribution in [2.24, 2.45) is 5.92 Å². The number of halogens is 6. The molecule has 1 fully saturated rings. The molecule has 3 aromatic carbocycles. The lowest BCUT2D eigenvalue weighted by atomic mass is 9.77. The maximum atomic E-state index is 15.2. The summed E-state index contributed by atoms with van der Waals surface area (Å²) in [4.78, 5) is 0. The summed E-state index contributed by atoms with van der Waals surface area (Å²) in [7, 11) is 0. The molecule has 1 nitrogen and oxygen atoms in total. The van der Waals surface area contributed by atoms with Crippen molar-refractivity contribution in [3.05, 3.63) is 76.6 Å². The molecule has 1 aliphatic rings. The van der Waals surface area contributed by atoms with Crippen LogP contribution >= 0.6 is 0 Å². The van der Waals surface area contributed by atoms with Gasteiger partial charge in [-0.1, -0.05) is 68.7 Å². The van der Waals surface area contributed by atoms with Crippen LogP contribution in [-0.2, 0) is 0 Å². The Balaban J connectivity index is 1.49. The van der Waals surface area contributed by atoms with Crippen LogP contribution in [0.5, 0.6) is 5.75 Å². The van der Waals surface area contributed by atoms with Gasteiger partial charge in [0.05, 0.1) is 5.56 Å². The summed E-state index contributed by atoms with van der Waals surface area (Å²) in [6, 6.07) is 10.2. The van der Waals surface area contributed by atoms with E-state index < -0.39 is 29.6 Å². The molecule has 196 valence electrons. The summed E-state index contributed by atoms with van der Waals surface area (Å²) in [5.41, 5.74) is 0.971. The molecule has 1 aliphatic carbocycles. The largest absolute Gasteiger partial charge is 0.573 e. The highest BCUT2D eigenvalue weighted by molar-refractivity contribution is 5.85. The van der Waals surface area contributed by atoms with Crippen molar-refractivity contribution in [3.8, 4) is 17.6 Å². The normalized spacial score (nSPS) is 17.9. The van der Waals surface area contributed by atoms with Crippen molar-refractivity contribution in [2.45, 2.75) is 70.6 Å². The molecule has 0 radical (unpaired) electrons. The molecule has 4 rings (SSSR count). The maximum Gasteiger partial charge on any atom is 0.573 e. The predicted molar refractivity (Wildman–Crippen MR) is 132 cm³/mol. The number of unbranched alkanes of at least 4 members (excludes halogenated alkanes) is 2. The van der Waals surface area contributed by atoms with E-state index in [1.807, 2.05) is 12.1 Å². The molecule has 0 saturated heterocycles. The van der Waals surface area contributed by atoms with E-state index in [4.69, 9.17) is 0 Å². The first-order chi connectivity index (χ1) is 17.6. The van der Waals surface area contributed by atoms with Gasteiger partial charge < -0.3 is 4.74 Å². The topological polar surface area (TPSA) is 9.23 Å². The van der Waals surface area contributed by atoms with Crippen LogP contribution < -0.4 is 4.74 Å². The number of ether oxygens (including phenoxy) is 1. The van der Waals surface area contributed by atoms with Gasteiger partial charge in [-0.15, -0.1) is 13.2 Å². The highest BCUT2D eigenvalue weighted by Crippen LogP contribution is 2.39. The zero-order valence-corrected chi connectivity index (χ0v) is 20.5. The van der Waals surface area contributed by atoms with Crippen LogP contribution in [0.1, 0.15) is 80.9 Å². The zero-order valence-electron chi connectivity index (χ0n) is 20.5. The lowest BCUT2D eigenvalue weighted by molar-refractivity contribution is -0.276. The quantitative estimate of drug-likeness (QED) is 0.179. The Kier molecular flexibility index (Phi) is 8.36. The lowest BCUT2D eigenvalue weighted by Crippen LogP contribution is -2.19. The fraction of sp³-hybridized carbons (Fsp3) is 0.400. The molecule has 0 aliphatic heterocycles. The fourth-order valence-corrected chi connectivity index (χ4v) is 5.11. The smallest absolute Gasteiger partial charge is 0.399 e. The fourth-order valence-electron chi connectivity index (χ4n) is 5.11. The van der Waals surface area contributed by atoms with Crippen molar-refractivity contribution in [1.82, 2.24) is 0 Å². The van der Waals surface area contributed by atoms with Gasteiger partial charge in [0.15, 0.2) is 11.6 Å². The van der Waals surface area contributed by atoms with Crippen molar-refractivity contribution >= 4 is 10.8 Å². The molecule has 37 heavy (non-hydrogen) atoms. The average Bonchev–Trinajstić information content (AvgIpc) is 2.86. The number of fused-ring (bicyclic) bond motifs is 1. The molecule has 1 saturated carbocycles. The number of hydrogen-bond acceptors (Lipinski definition) is 1. The Labute approximate surface area is 212 Å². The first-order valence-corrected chi connectivity index (χ1v) is 12.6. The summed E-state index contributed by atoms with van der Waals surface area (Å²) in [5.74, 6) is 0.981. The summed E-state index contributed by atoms with van der Waals surface area (Å²) in [6.45, 7) is 2.22. The molecule has 0 unspecified atom stereocenters. The molecule has 0 atom stereocenters. The van der Waals surface area contributed by atoms with Crippen LogP contribution in [-0.4, -0.2) is 6.36 Å². The van der Waals surface area contributed by atoms with Gasteiger partial charge in [-0.25, -0.2) is 13.2 Å². The molecule has 0 amide bonds. The Hall–Kier alpha value is -3.14. The van der Waals surface area contributed by atoms with Gasteiger partial charge in [0.2, 0.25) is 5.75 Å². The zero-order chi connectivity index (χ0) is 26.6. The van der Waals surface area contributed by atoms with Gasteiger partial charge in [-0.05, 0) is 66.7 Å². The van der Waals surface area contributed by atoms with Gasteiger partial charge in [0.25, 0.3) is 0 Å². The van der Waals surface area contributed by atoms with Crippen LogP contribution in [0, 0.1) is 35.2 Å².